The fourth-order valence-electron chi connectivity index (χ4n) is 1.45. The van der Waals surface area contributed by atoms with Gasteiger partial charge in [-0.1, -0.05) is 0 Å². The van der Waals surface area contributed by atoms with Gasteiger partial charge in [0.25, 0.3) is 10.1 Å². The molecule has 0 fully saturated rings. The maximum absolute atomic E-state index is 10.8. The van der Waals surface area contributed by atoms with Crippen LogP contribution in [0, 0.1) is 0 Å². The summed E-state index contributed by atoms with van der Waals surface area (Å²) in [7, 11) is -4.24. The van der Waals surface area contributed by atoms with Gasteiger partial charge in [-0.2, -0.15) is 18.6 Å². The Morgan fingerprint density at radius 3 is 2.45 bits per heavy atom. The van der Waals surface area contributed by atoms with Crippen molar-refractivity contribution in [3.05, 3.63) is 24.3 Å². The van der Waals surface area contributed by atoms with E-state index in [1.165, 1.54) is 24.3 Å². The second kappa shape index (κ2) is 5.35. The number of aliphatic carboxylic acids is 1. The van der Waals surface area contributed by atoms with Crippen LogP contribution in [0.1, 0.15) is 6.42 Å². The summed E-state index contributed by atoms with van der Waals surface area (Å²) >= 11 is 0. The van der Waals surface area contributed by atoms with Crippen molar-refractivity contribution < 1.29 is 22.9 Å². The Kier molecular flexibility index (Phi) is 3.77. The van der Waals surface area contributed by atoms with E-state index in [0.717, 1.165) is 5.12 Å². The van der Waals surface area contributed by atoms with Crippen molar-refractivity contribution in [1.29, 1.82) is 0 Å². The largest absolute Gasteiger partial charge is 0.477 e. The van der Waals surface area contributed by atoms with E-state index in [1.54, 1.807) is 0 Å². The molecule has 0 radical (unpaired) electrons. The van der Waals surface area contributed by atoms with Gasteiger partial charge in [0, 0.05) is 6.42 Å². The van der Waals surface area contributed by atoms with Crippen LogP contribution in [0.2, 0.25) is 0 Å². The zero-order valence-electron chi connectivity index (χ0n) is 10.0. The molecule has 1 aromatic carbocycles. The van der Waals surface area contributed by atoms with E-state index in [9.17, 15) is 13.2 Å². The number of nitrogens with zero attached hydrogens (tertiary/aromatic N) is 4. The van der Waals surface area contributed by atoms with Gasteiger partial charge >= 0.3 is 5.97 Å². The number of carboxylic acid groups (broad SMARTS) is 1. The standard InChI is InChI=1S/C10H10N4O5S/c15-10(16)9-5-6-14(12-9)13-11-7-1-3-8(4-2-7)20(17,18)19/h1-4H,5-6H2,(H,15,16)(H,17,18,19)/b13-11+. The van der Waals surface area contributed by atoms with Crippen molar-refractivity contribution in [2.75, 3.05) is 6.54 Å². The predicted octanol–water partition coefficient (Wildman–Crippen LogP) is 1.08. The summed E-state index contributed by atoms with van der Waals surface area (Å²) in [6, 6.07) is 5.06. The average molecular weight is 298 g/mol. The van der Waals surface area contributed by atoms with Gasteiger partial charge < -0.3 is 5.11 Å². The van der Waals surface area contributed by atoms with Gasteiger partial charge in [0.1, 0.15) is 5.71 Å². The molecule has 0 saturated carbocycles. The molecule has 0 aliphatic carbocycles. The molecule has 0 unspecified atom stereocenters. The normalized spacial score (nSPS) is 15.7. The van der Waals surface area contributed by atoms with E-state index < -0.39 is 16.1 Å². The number of rotatable bonds is 4. The Balaban J connectivity index is 2.08. The molecule has 2 rings (SSSR count). The first-order valence-corrected chi connectivity index (χ1v) is 6.88. The van der Waals surface area contributed by atoms with E-state index in [1.807, 2.05) is 0 Å². The zero-order valence-corrected chi connectivity index (χ0v) is 10.9. The monoisotopic (exact) mass is 298 g/mol. The molecule has 1 heterocycles. The van der Waals surface area contributed by atoms with Crippen LogP contribution in [0.5, 0.6) is 0 Å². The molecular formula is C10H10N4O5S. The molecule has 2 N–H and O–H groups in total. The third kappa shape index (κ3) is 3.36. The molecule has 0 bridgehead atoms. The fraction of sp³-hybridized carbons (Fsp3) is 0.200. The van der Waals surface area contributed by atoms with Crippen LogP contribution in [0.4, 0.5) is 5.69 Å². The molecule has 0 saturated heterocycles. The maximum Gasteiger partial charge on any atom is 0.352 e. The highest BCUT2D eigenvalue weighted by molar-refractivity contribution is 7.85. The van der Waals surface area contributed by atoms with E-state index >= 15 is 0 Å². The molecule has 10 heteroatoms. The first-order valence-electron chi connectivity index (χ1n) is 5.44. The van der Waals surface area contributed by atoms with Crippen molar-refractivity contribution in [2.24, 2.45) is 15.4 Å². The summed E-state index contributed by atoms with van der Waals surface area (Å²) < 4.78 is 30.5. The first-order chi connectivity index (χ1) is 9.36. The lowest BCUT2D eigenvalue weighted by atomic mass is 10.3. The summed E-state index contributed by atoms with van der Waals surface area (Å²) in [5, 5.41) is 21.1. The van der Waals surface area contributed by atoms with E-state index in [4.69, 9.17) is 9.66 Å². The van der Waals surface area contributed by atoms with Crippen molar-refractivity contribution in [3.8, 4) is 0 Å². The zero-order chi connectivity index (χ0) is 14.8. The van der Waals surface area contributed by atoms with Crippen LogP contribution in [0.15, 0.2) is 44.6 Å². The third-order valence-electron chi connectivity index (χ3n) is 2.43. The van der Waals surface area contributed by atoms with Crippen LogP contribution in [0.25, 0.3) is 0 Å². The molecule has 1 aliphatic heterocycles. The molecule has 0 atom stereocenters. The summed E-state index contributed by atoms with van der Waals surface area (Å²) in [5.41, 5.74) is 0.349. The molecule has 0 aromatic heterocycles. The quantitative estimate of drug-likeness (QED) is 0.631. The van der Waals surface area contributed by atoms with Gasteiger partial charge in [-0.3, -0.25) is 4.55 Å². The summed E-state index contributed by atoms with van der Waals surface area (Å²) in [6.07, 6.45) is 0.274. The van der Waals surface area contributed by atoms with Gasteiger partial charge in [0.15, 0.2) is 0 Å². The molecule has 20 heavy (non-hydrogen) atoms. The number of hydrogen-bond acceptors (Lipinski definition) is 6. The predicted molar refractivity (Wildman–Crippen MR) is 67.2 cm³/mol. The minimum atomic E-state index is -4.24. The number of carbonyl (C=O) groups is 1. The highest BCUT2D eigenvalue weighted by Gasteiger charge is 2.19. The SMILES string of the molecule is O=C(O)C1=NN(/N=N/c2ccc(S(=O)(=O)O)cc2)CC1. The molecule has 0 spiro atoms. The maximum atomic E-state index is 10.8. The van der Waals surface area contributed by atoms with Gasteiger partial charge in [-0.25, -0.2) is 4.79 Å². The molecule has 1 aromatic rings. The third-order valence-corrected chi connectivity index (χ3v) is 3.30. The molecular weight excluding hydrogens is 288 g/mol. The van der Waals surface area contributed by atoms with E-state index in [2.05, 4.69) is 15.4 Å². The lowest BCUT2D eigenvalue weighted by Gasteiger charge is -2.02. The van der Waals surface area contributed by atoms with Crippen molar-refractivity contribution >= 4 is 27.5 Å². The van der Waals surface area contributed by atoms with Gasteiger partial charge in [-0.05, 0) is 29.5 Å². The number of benzene rings is 1. The van der Waals surface area contributed by atoms with Crippen molar-refractivity contribution in [1.82, 2.24) is 5.12 Å². The fourth-order valence-corrected chi connectivity index (χ4v) is 1.93. The molecule has 106 valence electrons. The Bertz CT molecular complexity index is 680. The second-order valence-corrected chi connectivity index (χ2v) is 5.28. The minimum Gasteiger partial charge on any atom is -0.477 e. The number of hydrazone groups is 1. The van der Waals surface area contributed by atoms with Gasteiger partial charge in [-0.15, -0.1) is 5.11 Å². The van der Waals surface area contributed by atoms with Crippen LogP contribution >= 0.6 is 0 Å². The minimum absolute atomic E-state index is 0.00525. The van der Waals surface area contributed by atoms with Gasteiger partial charge in [0.05, 0.1) is 17.1 Å². The Morgan fingerprint density at radius 2 is 1.95 bits per heavy atom. The van der Waals surface area contributed by atoms with E-state index in [0.29, 0.717) is 12.2 Å². The Hall–Kier alpha value is -2.33. The number of hydrogen-bond donors (Lipinski definition) is 2. The van der Waals surface area contributed by atoms with Crippen LogP contribution in [-0.2, 0) is 14.9 Å². The topological polar surface area (TPSA) is 132 Å². The van der Waals surface area contributed by atoms with Crippen molar-refractivity contribution in [3.63, 3.8) is 0 Å². The van der Waals surface area contributed by atoms with Crippen molar-refractivity contribution in [2.45, 2.75) is 11.3 Å². The summed E-state index contributed by atoms with van der Waals surface area (Å²) in [6.45, 7) is 0.314. The molecule has 1 aliphatic rings. The van der Waals surface area contributed by atoms with Crippen LogP contribution < -0.4 is 0 Å². The molecule has 0 amide bonds. The Morgan fingerprint density at radius 1 is 1.30 bits per heavy atom. The number of carboxylic acids is 1. The smallest absolute Gasteiger partial charge is 0.352 e. The Labute approximate surface area is 114 Å². The summed E-state index contributed by atoms with van der Waals surface area (Å²) in [4.78, 5) is 10.4. The summed E-state index contributed by atoms with van der Waals surface area (Å²) in [5.74, 6) is -1.10. The lowest BCUT2D eigenvalue weighted by molar-refractivity contribution is -0.129. The lowest BCUT2D eigenvalue weighted by Crippen LogP contribution is -2.09. The highest BCUT2D eigenvalue weighted by Crippen LogP contribution is 2.18. The highest BCUT2D eigenvalue weighted by atomic mass is 32.2. The molecule has 9 nitrogen and oxygen atoms in total. The average Bonchev–Trinajstić information content (AvgIpc) is 2.85. The first kappa shape index (κ1) is 14.1. The van der Waals surface area contributed by atoms with Gasteiger partial charge in [0.2, 0.25) is 0 Å². The second-order valence-electron chi connectivity index (χ2n) is 3.86. The van der Waals surface area contributed by atoms with Crippen LogP contribution in [-0.4, -0.2) is 41.4 Å². The van der Waals surface area contributed by atoms with E-state index in [-0.39, 0.29) is 17.0 Å². The van der Waals surface area contributed by atoms with Crippen LogP contribution in [0.3, 0.4) is 0 Å².